The minimum atomic E-state index is -0.138. The molecule has 4 heteroatoms. The highest BCUT2D eigenvalue weighted by molar-refractivity contribution is 5.49. The van der Waals surface area contributed by atoms with E-state index in [1.54, 1.807) is 0 Å². The Morgan fingerprint density at radius 2 is 1.26 bits per heavy atom. The SMILES string of the molecule is CC1CC(C)(C)CC(c2ccc(OC=O)cc2)(c2ccc(OC=O)cc2)C1. The van der Waals surface area contributed by atoms with Crippen molar-refractivity contribution in [2.45, 2.75) is 45.4 Å². The summed E-state index contributed by atoms with van der Waals surface area (Å²) in [5.74, 6) is 1.66. The predicted octanol–water partition coefficient (Wildman–Crippen LogP) is 4.89. The van der Waals surface area contributed by atoms with Crippen LogP contribution < -0.4 is 9.47 Å². The average Bonchev–Trinajstić information content (AvgIpc) is 2.62. The van der Waals surface area contributed by atoms with Crippen LogP contribution in [0.4, 0.5) is 0 Å². The van der Waals surface area contributed by atoms with E-state index in [1.807, 2.05) is 24.3 Å². The number of hydrogen-bond donors (Lipinski definition) is 0. The molecule has 0 spiro atoms. The molecule has 1 atom stereocenters. The molecule has 2 aromatic rings. The average molecular weight is 366 g/mol. The second-order valence-corrected chi connectivity index (χ2v) is 8.41. The van der Waals surface area contributed by atoms with Gasteiger partial charge in [0.05, 0.1) is 0 Å². The molecule has 1 unspecified atom stereocenters. The molecular formula is C23H26O4. The van der Waals surface area contributed by atoms with E-state index in [2.05, 4.69) is 45.0 Å². The standard InChI is InChI=1S/C23H26O4/c1-17-12-22(2,3)14-23(13-17,18-4-8-20(9-5-18)26-15-24)19-6-10-21(11-7-19)27-16-25/h4-11,15-17H,12-14H2,1-3H3. The summed E-state index contributed by atoms with van der Waals surface area (Å²) < 4.78 is 9.92. The number of carbonyl (C=O) groups is 2. The lowest BCUT2D eigenvalue weighted by molar-refractivity contribution is -0.121. The summed E-state index contributed by atoms with van der Waals surface area (Å²) in [6.07, 6.45) is 3.25. The molecule has 142 valence electrons. The summed E-state index contributed by atoms with van der Waals surface area (Å²) in [6.45, 7) is 7.85. The maximum atomic E-state index is 10.6. The first-order valence-electron chi connectivity index (χ1n) is 9.30. The molecule has 0 saturated heterocycles. The highest BCUT2D eigenvalue weighted by atomic mass is 16.5. The monoisotopic (exact) mass is 366 g/mol. The van der Waals surface area contributed by atoms with E-state index in [9.17, 15) is 9.59 Å². The van der Waals surface area contributed by atoms with Gasteiger partial charge in [0.2, 0.25) is 0 Å². The van der Waals surface area contributed by atoms with Gasteiger partial charge in [0.15, 0.2) is 0 Å². The summed E-state index contributed by atoms with van der Waals surface area (Å²) in [5, 5.41) is 0. The number of carbonyl (C=O) groups excluding carboxylic acids is 2. The van der Waals surface area contributed by atoms with Gasteiger partial charge < -0.3 is 9.47 Å². The van der Waals surface area contributed by atoms with E-state index in [0.717, 1.165) is 12.8 Å². The topological polar surface area (TPSA) is 52.6 Å². The van der Waals surface area contributed by atoms with Crippen LogP contribution >= 0.6 is 0 Å². The smallest absolute Gasteiger partial charge is 0.298 e. The largest absolute Gasteiger partial charge is 0.429 e. The van der Waals surface area contributed by atoms with Crippen LogP contribution in [0.15, 0.2) is 48.5 Å². The summed E-state index contributed by atoms with van der Waals surface area (Å²) >= 11 is 0. The van der Waals surface area contributed by atoms with Crippen LogP contribution in [0.5, 0.6) is 11.5 Å². The lowest BCUT2D eigenvalue weighted by atomic mass is 9.55. The van der Waals surface area contributed by atoms with Crippen molar-refractivity contribution in [2.75, 3.05) is 0 Å². The van der Waals surface area contributed by atoms with Crippen LogP contribution in [0.3, 0.4) is 0 Å². The molecule has 0 heterocycles. The number of benzene rings is 2. The van der Waals surface area contributed by atoms with Crippen molar-refractivity contribution in [3.05, 3.63) is 59.7 Å². The van der Waals surface area contributed by atoms with Crippen molar-refractivity contribution in [3.8, 4) is 11.5 Å². The van der Waals surface area contributed by atoms with Crippen LogP contribution in [0.1, 0.15) is 51.2 Å². The third-order valence-corrected chi connectivity index (χ3v) is 5.56. The molecule has 0 aliphatic heterocycles. The van der Waals surface area contributed by atoms with E-state index in [-0.39, 0.29) is 10.8 Å². The van der Waals surface area contributed by atoms with E-state index in [4.69, 9.17) is 9.47 Å². The van der Waals surface area contributed by atoms with E-state index in [1.165, 1.54) is 17.5 Å². The maximum absolute atomic E-state index is 10.6. The molecule has 1 saturated carbocycles. The first kappa shape index (κ1) is 19.2. The Morgan fingerprint density at radius 1 is 0.815 bits per heavy atom. The Labute approximate surface area is 160 Å². The zero-order valence-corrected chi connectivity index (χ0v) is 16.1. The van der Waals surface area contributed by atoms with E-state index in [0.29, 0.717) is 30.4 Å². The van der Waals surface area contributed by atoms with Gasteiger partial charge in [-0.15, -0.1) is 0 Å². The van der Waals surface area contributed by atoms with Crippen LogP contribution in [0, 0.1) is 11.3 Å². The molecular weight excluding hydrogens is 340 g/mol. The first-order valence-corrected chi connectivity index (χ1v) is 9.30. The van der Waals surface area contributed by atoms with Crippen molar-refractivity contribution in [1.82, 2.24) is 0 Å². The van der Waals surface area contributed by atoms with Gasteiger partial charge in [-0.1, -0.05) is 45.0 Å². The molecule has 1 aliphatic rings. The lowest BCUT2D eigenvalue weighted by Gasteiger charge is -2.48. The molecule has 0 radical (unpaired) electrons. The number of hydrogen-bond acceptors (Lipinski definition) is 4. The van der Waals surface area contributed by atoms with Gasteiger partial charge in [-0.25, -0.2) is 0 Å². The maximum Gasteiger partial charge on any atom is 0.298 e. The van der Waals surface area contributed by atoms with Crippen molar-refractivity contribution in [2.24, 2.45) is 11.3 Å². The fourth-order valence-corrected chi connectivity index (χ4v) is 4.99. The quantitative estimate of drug-likeness (QED) is 0.683. The Kier molecular flexibility index (Phi) is 5.36. The first-order chi connectivity index (χ1) is 12.9. The Balaban J connectivity index is 2.08. The van der Waals surface area contributed by atoms with Crippen LogP contribution in [-0.4, -0.2) is 12.9 Å². The summed E-state index contributed by atoms with van der Waals surface area (Å²) in [5.41, 5.74) is 2.49. The van der Waals surface area contributed by atoms with Crippen LogP contribution in [0.25, 0.3) is 0 Å². The van der Waals surface area contributed by atoms with Gasteiger partial charge in [-0.2, -0.15) is 0 Å². The van der Waals surface area contributed by atoms with E-state index < -0.39 is 0 Å². The molecule has 0 aromatic heterocycles. The van der Waals surface area contributed by atoms with Gasteiger partial charge in [0.25, 0.3) is 12.9 Å². The zero-order chi connectivity index (χ0) is 19.5. The number of ether oxygens (including phenoxy) is 2. The van der Waals surface area contributed by atoms with Crippen molar-refractivity contribution in [3.63, 3.8) is 0 Å². The van der Waals surface area contributed by atoms with Crippen molar-refractivity contribution >= 4 is 12.9 Å². The zero-order valence-electron chi connectivity index (χ0n) is 16.1. The fraction of sp³-hybridized carbons (Fsp3) is 0.391. The third-order valence-electron chi connectivity index (χ3n) is 5.56. The molecule has 0 N–H and O–H groups in total. The van der Waals surface area contributed by atoms with Gasteiger partial charge >= 0.3 is 0 Å². The van der Waals surface area contributed by atoms with Gasteiger partial charge in [-0.3, -0.25) is 9.59 Å². The van der Waals surface area contributed by atoms with Gasteiger partial charge in [-0.05, 0) is 66.0 Å². The van der Waals surface area contributed by atoms with Crippen molar-refractivity contribution < 1.29 is 19.1 Å². The molecule has 0 amide bonds. The second-order valence-electron chi connectivity index (χ2n) is 8.41. The summed E-state index contributed by atoms with van der Waals surface area (Å²) in [4.78, 5) is 21.2. The third kappa shape index (κ3) is 4.05. The fourth-order valence-electron chi connectivity index (χ4n) is 4.99. The Hall–Kier alpha value is -2.62. The predicted molar refractivity (Wildman–Crippen MR) is 104 cm³/mol. The summed E-state index contributed by atoms with van der Waals surface area (Å²) in [7, 11) is 0. The number of rotatable bonds is 6. The molecule has 1 aliphatic carbocycles. The molecule has 0 bridgehead atoms. The molecule has 2 aromatic carbocycles. The summed E-state index contributed by atoms with van der Waals surface area (Å²) in [6, 6.07) is 15.6. The lowest BCUT2D eigenvalue weighted by Crippen LogP contribution is -2.41. The molecule has 27 heavy (non-hydrogen) atoms. The van der Waals surface area contributed by atoms with Gasteiger partial charge in [0, 0.05) is 5.41 Å². The van der Waals surface area contributed by atoms with Gasteiger partial charge in [0.1, 0.15) is 11.5 Å². The second kappa shape index (κ2) is 7.55. The highest BCUT2D eigenvalue weighted by Gasteiger charge is 2.45. The Morgan fingerprint density at radius 3 is 1.63 bits per heavy atom. The molecule has 1 fully saturated rings. The highest BCUT2D eigenvalue weighted by Crippen LogP contribution is 2.53. The van der Waals surface area contributed by atoms with E-state index >= 15 is 0 Å². The Bertz CT molecular complexity index is 737. The normalized spacial score (nSPS) is 20.5. The molecule has 4 nitrogen and oxygen atoms in total. The minimum absolute atomic E-state index is 0.138. The molecule has 3 rings (SSSR count). The van der Waals surface area contributed by atoms with Crippen molar-refractivity contribution in [1.29, 1.82) is 0 Å². The van der Waals surface area contributed by atoms with Crippen LogP contribution in [-0.2, 0) is 15.0 Å². The van der Waals surface area contributed by atoms with Crippen LogP contribution in [0.2, 0.25) is 0 Å². The minimum Gasteiger partial charge on any atom is -0.429 e.